The zero-order valence-electron chi connectivity index (χ0n) is 15.9. The predicted molar refractivity (Wildman–Crippen MR) is 118 cm³/mol. The lowest BCUT2D eigenvalue weighted by atomic mass is 9.92. The molecule has 0 bridgehead atoms. The molecule has 8 nitrogen and oxygen atoms in total. The third-order valence-corrected chi connectivity index (χ3v) is 5.47. The maximum Gasteiger partial charge on any atom is 0.330 e. The molecule has 0 fully saturated rings. The fourth-order valence-corrected chi connectivity index (χ4v) is 3.92. The van der Waals surface area contributed by atoms with Crippen molar-refractivity contribution in [3.63, 3.8) is 0 Å². The van der Waals surface area contributed by atoms with E-state index in [9.17, 15) is 19.2 Å². The van der Waals surface area contributed by atoms with Crippen LogP contribution in [-0.2, 0) is 16.1 Å². The van der Waals surface area contributed by atoms with Gasteiger partial charge in [-0.3, -0.25) is 23.9 Å². The third-order valence-electron chi connectivity index (χ3n) is 4.92. The number of benzene rings is 2. The lowest BCUT2D eigenvalue weighted by Crippen LogP contribution is -2.42. The minimum Gasteiger partial charge on any atom is -0.324 e. The molecule has 31 heavy (non-hydrogen) atoms. The number of rotatable bonds is 4. The molecule has 2 amide bonds. The number of anilines is 2. The number of halogens is 2. The van der Waals surface area contributed by atoms with Crippen LogP contribution in [0.2, 0.25) is 10.0 Å². The zero-order chi connectivity index (χ0) is 22.1. The average Bonchev–Trinajstić information content (AvgIpc) is 2.73. The van der Waals surface area contributed by atoms with Crippen LogP contribution in [0.25, 0.3) is 0 Å². The molecule has 0 aliphatic carbocycles. The molecule has 0 saturated carbocycles. The Balaban J connectivity index is 1.76. The molecule has 0 radical (unpaired) electrons. The highest BCUT2D eigenvalue weighted by Crippen LogP contribution is 2.32. The van der Waals surface area contributed by atoms with Gasteiger partial charge in [0.15, 0.2) is 0 Å². The summed E-state index contributed by atoms with van der Waals surface area (Å²) >= 11 is 12.0. The fourth-order valence-electron chi connectivity index (χ4n) is 3.47. The minimum absolute atomic E-state index is 0.0104. The highest BCUT2D eigenvalue weighted by molar-refractivity contribution is 6.36. The maximum atomic E-state index is 13.0. The van der Waals surface area contributed by atoms with Crippen molar-refractivity contribution in [3.05, 3.63) is 90.5 Å². The lowest BCUT2D eigenvalue weighted by molar-refractivity contribution is -0.123. The van der Waals surface area contributed by atoms with Gasteiger partial charge < -0.3 is 10.6 Å². The largest absolute Gasteiger partial charge is 0.330 e. The summed E-state index contributed by atoms with van der Waals surface area (Å²) in [6.45, 7) is 0.108. The van der Waals surface area contributed by atoms with Crippen molar-refractivity contribution >= 4 is 46.5 Å². The number of amides is 2. The Labute approximate surface area is 185 Å². The van der Waals surface area contributed by atoms with Gasteiger partial charge in [0.05, 0.1) is 28.7 Å². The van der Waals surface area contributed by atoms with E-state index in [1.165, 1.54) is 16.7 Å². The summed E-state index contributed by atoms with van der Waals surface area (Å²) in [7, 11) is 0. The molecule has 0 spiro atoms. The van der Waals surface area contributed by atoms with Gasteiger partial charge in [0, 0.05) is 11.4 Å². The van der Waals surface area contributed by atoms with Gasteiger partial charge in [-0.25, -0.2) is 4.79 Å². The Hall–Kier alpha value is -3.36. The number of carbonyl (C=O) groups is 2. The van der Waals surface area contributed by atoms with Crippen LogP contribution in [0.15, 0.2) is 58.1 Å². The van der Waals surface area contributed by atoms with E-state index < -0.39 is 29.0 Å². The molecule has 1 aliphatic heterocycles. The molecular formula is C21H16Cl2N4O4. The molecule has 1 unspecified atom stereocenters. The van der Waals surface area contributed by atoms with Gasteiger partial charge in [-0.05, 0) is 23.8 Å². The molecule has 1 aromatic heterocycles. The van der Waals surface area contributed by atoms with Crippen molar-refractivity contribution in [3.8, 4) is 0 Å². The summed E-state index contributed by atoms with van der Waals surface area (Å²) in [5.74, 6) is -2.18. The average molecular weight is 459 g/mol. The van der Waals surface area contributed by atoms with Gasteiger partial charge in [-0.2, -0.15) is 0 Å². The monoisotopic (exact) mass is 458 g/mol. The number of aromatic amines is 1. The summed E-state index contributed by atoms with van der Waals surface area (Å²) in [5.41, 5.74) is -0.329. The predicted octanol–water partition coefficient (Wildman–Crippen LogP) is 2.96. The van der Waals surface area contributed by atoms with E-state index in [0.29, 0.717) is 5.02 Å². The first-order valence-corrected chi connectivity index (χ1v) is 10.1. The molecule has 3 N–H and O–H groups in total. The summed E-state index contributed by atoms with van der Waals surface area (Å²) in [5, 5.41) is 5.82. The van der Waals surface area contributed by atoms with Crippen LogP contribution in [0, 0.1) is 0 Å². The van der Waals surface area contributed by atoms with Gasteiger partial charge in [0.25, 0.3) is 5.56 Å². The normalized spacial score (nSPS) is 15.2. The quantitative estimate of drug-likeness (QED) is 0.557. The van der Waals surface area contributed by atoms with E-state index in [1.54, 1.807) is 18.2 Å². The van der Waals surface area contributed by atoms with E-state index in [2.05, 4.69) is 15.6 Å². The van der Waals surface area contributed by atoms with Gasteiger partial charge in [-0.15, -0.1) is 0 Å². The van der Waals surface area contributed by atoms with Gasteiger partial charge in [-0.1, -0.05) is 53.5 Å². The molecule has 1 atom stereocenters. The minimum atomic E-state index is -1.11. The molecule has 0 saturated heterocycles. The highest BCUT2D eigenvalue weighted by Gasteiger charge is 2.35. The van der Waals surface area contributed by atoms with Crippen LogP contribution in [0.3, 0.4) is 0 Å². The van der Waals surface area contributed by atoms with Crippen LogP contribution in [-0.4, -0.2) is 21.4 Å². The first kappa shape index (κ1) is 20.9. The van der Waals surface area contributed by atoms with Crippen molar-refractivity contribution in [2.24, 2.45) is 0 Å². The Bertz CT molecular complexity index is 1300. The Morgan fingerprint density at radius 2 is 1.84 bits per heavy atom. The Morgan fingerprint density at radius 3 is 2.55 bits per heavy atom. The zero-order valence-corrected chi connectivity index (χ0v) is 17.5. The summed E-state index contributed by atoms with van der Waals surface area (Å²) in [6, 6.07) is 13.6. The van der Waals surface area contributed by atoms with Crippen LogP contribution in [0.4, 0.5) is 11.5 Å². The van der Waals surface area contributed by atoms with Gasteiger partial charge >= 0.3 is 5.69 Å². The maximum absolute atomic E-state index is 13.0. The van der Waals surface area contributed by atoms with E-state index in [4.69, 9.17) is 23.2 Å². The third kappa shape index (κ3) is 4.26. The molecule has 158 valence electrons. The topological polar surface area (TPSA) is 113 Å². The van der Waals surface area contributed by atoms with E-state index in [1.807, 2.05) is 18.2 Å². The lowest BCUT2D eigenvalue weighted by Gasteiger charge is -2.26. The van der Waals surface area contributed by atoms with Crippen LogP contribution in [0.5, 0.6) is 0 Å². The van der Waals surface area contributed by atoms with Crippen LogP contribution < -0.4 is 21.9 Å². The van der Waals surface area contributed by atoms with E-state index in [-0.39, 0.29) is 35.1 Å². The van der Waals surface area contributed by atoms with Crippen molar-refractivity contribution in [2.75, 3.05) is 10.6 Å². The number of aromatic nitrogens is 2. The smallest absolute Gasteiger partial charge is 0.324 e. The molecule has 2 aromatic carbocycles. The molecular weight excluding hydrogens is 443 g/mol. The number of fused-ring (bicyclic) bond motifs is 1. The van der Waals surface area contributed by atoms with Crippen LogP contribution in [0.1, 0.15) is 23.5 Å². The van der Waals surface area contributed by atoms with E-state index in [0.717, 1.165) is 5.56 Å². The summed E-state index contributed by atoms with van der Waals surface area (Å²) < 4.78 is 1.23. The second-order valence-electron chi connectivity index (χ2n) is 7.01. The number of carbonyl (C=O) groups excluding carboxylic acids is 2. The Kier molecular flexibility index (Phi) is 5.67. The van der Waals surface area contributed by atoms with Crippen molar-refractivity contribution in [1.82, 2.24) is 9.55 Å². The number of H-pyrrole nitrogens is 1. The second kappa shape index (κ2) is 8.41. The second-order valence-corrected chi connectivity index (χ2v) is 7.86. The fraction of sp³-hybridized carbons (Fsp3) is 0.143. The summed E-state index contributed by atoms with van der Waals surface area (Å²) in [4.78, 5) is 52.7. The van der Waals surface area contributed by atoms with Crippen molar-refractivity contribution in [2.45, 2.75) is 18.9 Å². The van der Waals surface area contributed by atoms with Gasteiger partial charge in [0.1, 0.15) is 5.82 Å². The molecule has 3 aromatic rings. The highest BCUT2D eigenvalue weighted by atomic mass is 35.5. The van der Waals surface area contributed by atoms with Gasteiger partial charge in [0.2, 0.25) is 11.8 Å². The number of hydrogen-bond donors (Lipinski definition) is 3. The van der Waals surface area contributed by atoms with E-state index >= 15 is 0 Å². The molecule has 1 aliphatic rings. The first-order chi connectivity index (χ1) is 14.8. The number of hydrogen-bond acceptors (Lipinski definition) is 4. The van der Waals surface area contributed by atoms with Crippen molar-refractivity contribution < 1.29 is 9.59 Å². The standard InChI is InChI=1S/C21H16Cl2N4O4/c22-12-6-7-15(14(23)8-12)24-19(29)13-9-16(28)25-18-17(13)20(30)26-21(31)27(18)10-11-4-2-1-3-5-11/h1-8,13H,9-10H2,(H,24,29)(H,25,28)(H,26,30,31). The molecule has 10 heteroatoms. The Morgan fingerprint density at radius 1 is 1.10 bits per heavy atom. The molecule has 4 rings (SSSR count). The van der Waals surface area contributed by atoms with Crippen LogP contribution >= 0.6 is 23.2 Å². The molecule has 2 heterocycles. The number of nitrogens with zero attached hydrogens (tertiary/aromatic N) is 1. The SMILES string of the molecule is O=C1CC(C(=O)Nc2ccc(Cl)cc2Cl)c2c(n(Cc3ccccc3)c(=O)[nH]c2=O)N1. The first-order valence-electron chi connectivity index (χ1n) is 9.30. The summed E-state index contributed by atoms with van der Waals surface area (Å²) in [6.07, 6.45) is -0.253. The van der Waals surface area contributed by atoms with Crippen molar-refractivity contribution in [1.29, 1.82) is 0 Å². The number of nitrogens with one attached hydrogen (secondary N) is 3.